The summed E-state index contributed by atoms with van der Waals surface area (Å²) in [5, 5.41) is 12.6. The van der Waals surface area contributed by atoms with Crippen LogP contribution in [0.15, 0.2) is 0 Å². The Kier molecular flexibility index (Phi) is 4.78. The first-order valence-corrected chi connectivity index (χ1v) is 6.89. The highest BCUT2D eigenvalue weighted by atomic mass is 16.3. The summed E-state index contributed by atoms with van der Waals surface area (Å²) >= 11 is 0. The molecule has 1 atom stereocenters. The van der Waals surface area contributed by atoms with Gasteiger partial charge >= 0.3 is 0 Å². The maximum Gasteiger partial charge on any atom is 0.237 e. The van der Waals surface area contributed by atoms with Crippen molar-refractivity contribution in [1.82, 2.24) is 5.32 Å². The number of nitrogens with two attached hydrogens (primary N) is 1. The molecule has 0 saturated heterocycles. The van der Waals surface area contributed by atoms with E-state index in [4.69, 9.17) is 5.73 Å². The molecule has 4 heteroatoms. The second-order valence-corrected chi connectivity index (χ2v) is 6.95. The minimum absolute atomic E-state index is 0.00230. The zero-order valence-corrected chi connectivity index (χ0v) is 12.1. The van der Waals surface area contributed by atoms with Gasteiger partial charge in [0.1, 0.15) is 0 Å². The molecule has 0 aromatic rings. The molecule has 1 saturated carbocycles. The van der Waals surface area contributed by atoms with Gasteiger partial charge in [0.25, 0.3) is 0 Å². The molecule has 0 radical (unpaired) electrons. The topological polar surface area (TPSA) is 75.3 Å². The largest absolute Gasteiger partial charge is 0.394 e. The minimum Gasteiger partial charge on any atom is -0.394 e. The van der Waals surface area contributed by atoms with E-state index in [0.29, 0.717) is 5.92 Å². The first-order chi connectivity index (χ1) is 8.20. The van der Waals surface area contributed by atoms with E-state index < -0.39 is 11.6 Å². The van der Waals surface area contributed by atoms with Crippen LogP contribution in [0.5, 0.6) is 0 Å². The monoisotopic (exact) mass is 256 g/mol. The van der Waals surface area contributed by atoms with Gasteiger partial charge in [0.2, 0.25) is 5.91 Å². The molecule has 1 aliphatic rings. The van der Waals surface area contributed by atoms with Crippen LogP contribution in [0.4, 0.5) is 0 Å². The molecule has 0 aromatic carbocycles. The van der Waals surface area contributed by atoms with E-state index >= 15 is 0 Å². The van der Waals surface area contributed by atoms with Crippen molar-refractivity contribution in [2.75, 3.05) is 6.61 Å². The zero-order chi connectivity index (χ0) is 14.0. The number of rotatable bonds is 3. The third-order valence-corrected chi connectivity index (χ3v) is 4.14. The number of nitrogens with one attached hydrogen (secondary N) is 1. The molecule has 1 rings (SSSR count). The second-order valence-electron chi connectivity index (χ2n) is 6.95. The van der Waals surface area contributed by atoms with Crippen molar-refractivity contribution in [2.24, 2.45) is 17.1 Å². The molecule has 0 heterocycles. The normalized spacial score (nSPS) is 30.9. The average molecular weight is 256 g/mol. The Labute approximate surface area is 110 Å². The molecule has 1 fully saturated rings. The highest BCUT2D eigenvalue weighted by molar-refractivity contribution is 5.83. The lowest BCUT2D eigenvalue weighted by atomic mass is 9.77. The fourth-order valence-electron chi connectivity index (χ4n) is 2.37. The molecule has 4 nitrogen and oxygen atoms in total. The van der Waals surface area contributed by atoms with Gasteiger partial charge in [-0.3, -0.25) is 4.79 Å². The lowest BCUT2D eigenvalue weighted by molar-refractivity contribution is -0.127. The van der Waals surface area contributed by atoms with E-state index in [1.807, 2.05) is 20.8 Å². The predicted octanol–water partition coefficient (Wildman–Crippen LogP) is 1.42. The maximum atomic E-state index is 12.2. The molecular formula is C14H28N2O2. The summed E-state index contributed by atoms with van der Waals surface area (Å²) in [6.07, 6.45) is 3.78. The predicted molar refractivity (Wildman–Crippen MR) is 73.0 cm³/mol. The highest BCUT2D eigenvalue weighted by Gasteiger charge is 2.38. The van der Waals surface area contributed by atoms with Crippen LogP contribution in [-0.2, 0) is 4.79 Å². The first-order valence-electron chi connectivity index (χ1n) is 6.89. The van der Waals surface area contributed by atoms with Crippen molar-refractivity contribution in [3.63, 3.8) is 0 Å². The van der Waals surface area contributed by atoms with Crippen LogP contribution < -0.4 is 11.1 Å². The van der Waals surface area contributed by atoms with Crippen LogP contribution in [-0.4, -0.2) is 29.2 Å². The fourth-order valence-corrected chi connectivity index (χ4v) is 2.37. The van der Waals surface area contributed by atoms with Gasteiger partial charge in [0.05, 0.1) is 18.2 Å². The Morgan fingerprint density at radius 2 is 1.94 bits per heavy atom. The molecule has 106 valence electrons. The molecule has 1 amide bonds. The van der Waals surface area contributed by atoms with E-state index in [-0.39, 0.29) is 17.9 Å². The lowest BCUT2D eigenvalue weighted by Gasteiger charge is -2.40. The lowest BCUT2D eigenvalue weighted by Crippen LogP contribution is -2.59. The quantitative estimate of drug-likeness (QED) is 0.715. The summed E-state index contributed by atoms with van der Waals surface area (Å²) < 4.78 is 0. The molecule has 0 aliphatic heterocycles. The van der Waals surface area contributed by atoms with Crippen LogP contribution >= 0.6 is 0 Å². The SMILES string of the molecule is CC1CCC(CO)(NC(=O)[C@H](N)C(C)(C)C)CC1. The molecule has 0 spiro atoms. The fraction of sp³-hybridized carbons (Fsp3) is 0.929. The van der Waals surface area contributed by atoms with Crippen molar-refractivity contribution in [1.29, 1.82) is 0 Å². The summed E-state index contributed by atoms with van der Waals surface area (Å²) in [6.45, 7) is 8.07. The third-order valence-electron chi connectivity index (χ3n) is 4.14. The smallest absolute Gasteiger partial charge is 0.237 e. The standard InChI is InChI=1S/C14H28N2O2/c1-10-5-7-14(9-17,8-6-10)16-12(18)11(15)13(2,3)4/h10-11,17H,5-9,15H2,1-4H3,(H,16,18)/t10?,11-,14?/m0/s1. The van der Waals surface area contributed by atoms with Gasteiger partial charge in [0, 0.05) is 0 Å². The van der Waals surface area contributed by atoms with E-state index in [0.717, 1.165) is 25.7 Å². The number of carbonyl (C=O) groups is 1. The van der Waals surface area contributed by atoms with Gasteiger partial charge in [0.15, 0.2) is 0 Å². The molecule has 0 aromatic heterocycles. The molecule has 18 heavy (non-hydrogen) atoms. The van der Waals surface area contributed by atoms with E-state index in [2.05, 4.69) is 12.2 Å². The Morgan fingerprint density at radius 1 is 1.44 bits per heavy atom. The van der Waals surface area contributed by atoms with Gasteiger partial charge in [-0.15, -0.1) is 0 Å². The summed E-state index contributed by atoms with van der Waals surface area (Å²) in [4.78, 5) is 12.2. The average Bonchev–Trinajstić information content (AvgIpc) is 2.30. The summed E-state index contributed by atoms with van der Waals surface area (Å²) in [6, 6.07) is -0.541. The van der Waals surface area contributed by atoms with Gasteiger partial charge in [-0.1, -0.05) is 27.7 Å². The van der Waals surface area contributed by atoms with Crippen molar-refractivity contribution in [3.8, 4) is 0 Å². The van der Waals surface area contributed by atoms with Gasteiger partial charge < -0.3 is 16.2 Å². The number of aliphatic hydroxyl groups is 1. The van der Waals surface area contributed by atoms with Crippen LogP contribution in [0.3, 0.4) is 0 Å². The highest BCUT2D eigenvalue weighted by Crippen LogP contribution is 2.32. The molecular weight excluding hydrogens is 228 g/mol. The van der Waals surface area contributed by atoms with Crippen molar-refractivity contribution in [2.45, 2.75) is 65.0 Å². The maximum absolute atomic E-state index is 12.2. The Hall–Kier alpha value is -0.610. The molecule has 0 unspecified atom stereocenters. The van der Waals surface area contributed by atoms with Gasteiger partial charge in [-0.25, -0.2) is 0 Å². The summed E-state index contributed by atoms with van der Waals surface area (Å²) in [7, 11) is 0. The Morgan fingerprint density at radius 3 is 2.33 bits per heavy atom. The number of hydrogen-bond acceptors (Lipinski definition) is 3. The van der Waals surface area contributed by atoms with Crippen LogP contribution in [0.1, 0.15) is 53.4 Å². The number of aliphatic hydroxyl groups excluding tert-OH is 1. The van der Waals surface area contributed by atoms with Gasteiger partial charge in [-0.05, 0) is 37.0 Å². The number of hydrogen-bond donors (Lipinski definition) is 3. The minimum atomic E-state index is -0.541. The Balaban J connectivity index is 2.66. The van der Waals surface area contributed by atoms with Crippen molar-refractivity contribution < 1.29 is 9.90 Å². The van der Waals surface area contributed by atoms with Crippen LogP contribution in [0.2, 0.25) is 0 Å². The Bertz CT molecular complexity index is 289. The van der Waals surface area contributed by atoms with Gasteiger partial charge in [-0.2, -0.15) is 0 Å². The molecule has 1 aliphatic carbocycles. The first kappa shape index (κ1) is 15.4. The molecule has 4 N–H and O–H groups in total. The number of amides is 1. The van der Waals surface area contributed by atoms with E-state index in [1.165, 1.54) is 0 Å². The molecule has 0 bridgehead atoms. The van der Waals surface area contributed by atoms with Crippen molar-refractivity contribution in [3.05, 3.63) is 0 Å². The number of carbonyl (C=O) groups excluding carboxylic acids is 1. The van der Waals surface area contributed by atoms with Crippen molar-refractivity contribution >= 4 is 5.91 Å². The van der Waals surface area contributed by atoms with Crippen LogP contribution in [0, 0.1) is 11.3 Å². The van der Waals surface area contributed by atoms with E-state index in [9.17, 15) is 9.90 Å². The summed E-state index contributed by atoms with van der Waals surface area (Å²) in [5.74, 6) is 0.531. The van der Waals surface area contributed by atoms with E-state index in [1.54, 1.807) is 0 Å². The summed E-state index contributed by atoms with van der Waals surface area (Å²) in [5.41, 5.74) is 5.25. The third kappa shape index (κ3) is 3.69. The van der Waals surface area contributed by atoms with Crippen LogP contribution in [0.25, 0.3) is 0 Å². The second kappa shape index (κ2) is 5.57. The zero-order valence-electron chi connectivity index (χ0n) is 12.1.